The van der Waals surface area contributed by atoms with Gasteiger partial charge in [-0.25, -0.2) is 4.98 Å². The molecular weight excluding hydrogens is 432 g/mol. The minimum atomic E-state index is 0.0168. The molecule has 0 aliphatic heterocycles. The molecule has 0 fully saturated rings. The average molecular weight is 451 g/mol. The first-order chi connectivity index (χ1) is 13.5. The van der Waals surface area contributed by atoms with Crippen molar-refractivity contribution >= 4 is 49.1 Å². The van der Waals surface area contributed by atoms with Crippen molar-refractivity contribution in [1.29, 1.82) is 0 Å². The molecule has 0 aliphatic rings. The lowest BCUT2D eigenvalue weighted by molar-refractivity contribution is -0.116. The van der Waals surface area contributed by atoms with Crippen LogP contribution >= 0.6 is 27.3 Å². The third-order valence-corrected chi connectivity index (χ3v) is 6.14. The largest absolute Gasteiger partial charge is 0.308 e. The molecular formula is C23H19BrN2OS. The Hall–Kier alpha value is -2.50. The summed E-state index contributed by atoms with van der Waals surface area (Å²) < 4.78 is 2.20. The summed E-state index contributed by atoms with van der Waals surface area (Å²) in [6, 6.07) is 22.4. The number of carbonyl (C=O) groups is 1. The number of amides is 1. The third kappa shape index (κ3) is 4.01. The van der Waals surface area contributed by atoms with Gasteiger partial charge < -0.3 is 4.90 Å². The van der Waals surface area contributed by atoms with Crippen LogP contribution in [0.25, 0.3) is 20.8 Å². The van der Waals surface area contributed by atoms with E-state index in [1.165, 1.54) is 10.3 Å². The number of aromatic nitrogens is 1. The summed E-state index contributed by atoms with van der Waals surface area (Å²) in [7, 11) is 0. The maximum Gasteiger partial charge on any atom is 0.224 e. The Kier molecular flexibility index (Phi) is 5.29. The number of hydrogen-bond acceptors (Lipinski definition) is 3. The Morgan fingerprint density at radius 1 is 1.07 bits per heavy atom. The molecule has 0 saturated carbocycles. The van der Waals surface area contributed by atoms with Crippen LogP contribution in [-0.4, -0.2) is 10.9 Å². The van der Waals surface area contributed by atoms with Crippen LogP contribution in [0.2, 0.25) is 0 Å². The molecule has 0 atom stereocenters. The zero-order chi connectivity index (χ0) is 19.7. The van der Waals surface area contributed by atoms with Crippen molar-refractivity contribution in [2.45, 2.75) is 20.4 Å². The second kappa shape index (κ2) is 7.86. The number of nitrogens with zero attached hydrogens (tertiary/aromatic N) is 2. The highest BCUT2D eigenvalue weighted by atomic mass is 79.9. The SMILES string of the molecule is CC(=O)N(Cc1cccc(Br)c1)c1ccc(-c2nc3ccc(C)cc3s2)cc1. The Morgan fingerprint density at radius 2 is 1.86 bits per heavy atom. The van der Waals surface area contributed by atoms with E-state index in [9.17, 15) is 4.79 Å². The lowest BCUT2D eigenvalue weighted by atomic mass is 10.1. The smallest absolute Gasteiger partial charge is 0.224 e. The number of hydrogen-bond donors (Lipinski definition) is 0. The number of carbonyl (C=O) groups excluding carboxylic acids is 1. The molecule has 0 spiro atoms. The highest BCUT2D eigenvalue weighted by Gasteiger charge is 2.13. The summed E-state index contributed by atoms with van der Waals surface area (Å²) >= 11 is 5.18. The molecule has 28 heavy (non-hydrogen) atoms. The summed E-state index contributed by atoms with van der Waals surface area (Å²) in [5.41, 5.74) is 5.29. The summed E-state index contributed by atoms with van der Waals surface area (Å²) in [5.74, 6) is 0.0168. The summed E-state index contributed by atoms with van der Waals surface area (Å²) in [5, 5.41) is 0.994. The fourth-order valence-corrected chi connectivity index (χ4v) is 4.66. The Labute approximate surface area is 176 Å². The minimum absolute atomic E-state index is 0.0168. The number of anilines is 1. The van der Waals surface area contributed by atoms with Gasteiger partial charge >= 0.3 is 0 Å². The number of benzene rings is 3. The topological polar surface area (TPSA) is 33.2 Å². The molecule has 4 rings (SSSR count). The van der Waals surface area contributed by atoms with Crippen molar-refractivity contribution in [3.05, 3.63) is 82.3 Å². The van der Waals surface area contributed by atoms with Crippen molar-refractivity contribution in [3.8, 4) is 10.6 Å². The molecule has 3 nitrogen and oxygen atoms in total. The zero-order valence-corrected chi connectivity index (χ0v) is 18.0. The lowest BCUT2D eigenvalue weighted by Gasteiger charge is -2.21. The average Bonchev–Trinajstić information content (AvgIpc) is 3.09. The van der Waals surface area contributed by atoms with Crippen LogP contribution in [0.15, 0.2) is 71.2 Å². The van der Waals surface area contributed by atoms with E-state index in [2.05, 4.69) is 41.1 Å². The van der Waals surface area contributed by atoms with E-state index in [1.54, 1.807) is 23.2 Å². The normalized spacial score (nSPS) is 11.0. The fourth-order valence-electron chi connectivity index (χ4n) is 3.14. The highest BCUT2D eigenvalue weighted by molar-refractivity contribution is 9.10. The number of fused-ring (bicyclic) bond motifs is 1. The van der Waals surface area contributed by atoms with Crippen molar-refractivity contribution in [1.82, 2.24) is 4.98 Å². The van der Waals surface area contributed by atoms with Gasteiger partial charge in [-0.1, -0.05) is 34.1 Å². The van der Waals surface area contributed by atoms with Crippen molar-refractivity contribution in [2.24, 2.45) is 0 Å². The molecule has 5 heteroatoms. The number of halogens is 1. The van der Waals surface area contributed by atoms with Gasteiger partial charge in [-0.15, -0.1) is 11.3 Å². The maximum atomic E-state index is 12.2. The van der Waals surface area contributed by atoms with E-state index >= 15 is 0 Å². The van der Waals surface area contributed by atoms with E-state index in [-0.39, 0.29) is 5.91 Å². The first-order valence-corrected chi connectivity index (χ1v) is 10.6. The highest BCUT2D eigenvalue weighted by Crippen LogP contribution is 2.32. The fraction of sp³-hybridized carbons (Fsp3) is 0.130. The van der Waals surface area contributed by atoms with Gasteiger partial charge in [0.1, 0.15) is 5.01 Å². The van der Waals surface area contributed by atoms with Gasteiger partial charge in [0.15, 0.2) is 0 Å². The molecule has 0 aliphatic carbocycles. The van der Waals surface area contributed by atoms with Gasteiger partial charge in [-0.3, -0.25) is 4.79 Å². The van der Waals surface area contributed by atoms with E-state index in [0.29, 0.717) is 6.54 Å². The summed E-state index contributed by atoms with van der Waals surface area (Å²) in [6.07, 6.45) is 0. The van der Waals surface area contributed by atoms with Gasteiger partial charge in [0.05, 0.1) is 16.8 Å². The molecule has 0 saturated heterocycles. The molecule has 0 bridgehead atoms. The van der Waals surface area contributed by atoms with E-state index < -0.39 is 0 Å². The molecule has 0 unspecified atom stereocenters. The van der Waals surface area contributed by atoms with Crippen LogP contribution < -0.4 is 4.90 Å². The van der Waals surface area contributed by atoms with Gasteiger partial charge in [0.25, 0.3) is 0 Å². The third-order valence-electron chi connectivity index (χ3n) is 4.58. The minimum Gasteiger partial charge on any atom is -0.308 e. The predicted octanol–water partition coefficient (Wildman–Crippen LogP) is 6.59. The molecule has 0 radical (unpaired) electrons. The van der Waals surface area contributed by atoms with Crippen molar-refractivity contribution in [2.75, 3.05) is 4.90 Å². The van der Waals surface area contributed by atoms with Crippen molar-refractivity contribution in [3.63, 3.8) is 0 Å². The van der Waals surface area contributed by atoms with Crippen molar-refractivity contribution < 1.29 is 4.79 Å². The van der Waals surface area contributed by atoms with Crippen LogP contribution in [0, 0.1) is 6.92 Å². The number of rotatable bonds is 4. The van der Waals surface area contributed by atoms with Crippen LogP contribution in [0.1, 0.15) is 18.1 Å². The van der Waals surface area contributed by atoms with Gasteiger partial charge in [-0.2, -0.15) is 0 Å². The predicted molar refractivity (Wildman–Crippen MR) is 121 cm³/mol. The summed E-state index contributed by atoms with van der Waals surface area (Å²) in [6.45, 7) is 4.23. The van der Waals surface area contributed by atoms with E-state index in [0.717, 1.165) is 31.8 Å². The summed E-state index contributed by atoms with van der Waals surface area (Å²) in [4.78, 5) is 18.8. The first kappa shape index (κ1) is 18.8. The van der Waals surface area contributed by atoms with Gasteiger partial charge in [0.2, 0.25) is 5.91 Å². The lowest BCUT2D eigenvalue weighted by Crippen LogP contribution is -2.27. The Morgan fingerprint density at radius 3 is 2.57 bits per heavy atom. The number of thiazole rings is 1. The Bertz CT molecular complexity index is 1150. The van der Waals surface area contributed by atoms with E-state index in [1.807, 2.05) is 48.5 Å². The molecule has 4 aromatic rings. The molecule has 3 aromatic carbocycles. The second-order valence-electron chi connectivity index (χ2n) is 6.77. The van der Waals surface area contributed by atoms with Crippen LogP contribution in [0.3, 0.4) is 0 Å². The molecule has 1 amide bonds. The standard InChI is InChI=1S/C23H19BrN2OS/c1-15-6-11-21-22(12-15)28-23(25-21)18-7-9-20(10-8-18)26(16(2)27)14-17-4-3-5-19(24)13-17/h3-13H,14H2,1-2H3. The first-order valence-electron chi connectivity index (χ1n) is 9.00. The van der Waals surface area contributed by atoms with Crippen LogP contribution in [0.4, 0.5) is 5.69 Å². The monoisotopic (exact) mass is 450 g/mol. The van der Waals surface area contributed by atoms with Crippen LogP contribution in [0.5, 0.6) is 0 Å². The molecule has 1 aromatic heterocycles. The molecule has 140 valence electrons. The van der Waals surface area contributed by atoms with Crippen LogP contribution in [-0.2, 0) is 11.3 Å². The molecule has 1 heterocycles. The molecule has 0 N–H and O–H groups in total. The van der Waals surface area contributed by atoms with Gasteiger partial charge in [0, 0.05) is 22.6 Å². The second-order valence-corrected chi connectivity index (χ2v) is 8.72. The quantitative estimate of drug-likeness (QED) is 0.351. The number of aryl methyl sites for hydroxylation is 1. The maximum absolute atomic E-state index is 12.2. The van der Waals surface area contributed by atoms with Gasteiger partial charge in [-0.05, 0) is 66.6 Å². The Balaban J connectivity index is 1.61. The zero-order valence-electron chi connectivity index (χ0n) is 15.6. The van der Waals surface area contributed by atoms with E-state index in [4.69, 9.17) is 4.98 Å².